The number of rotatable bonds is 6. The second kappa shape index (κ2) is 7.99. The molecule has 1 atom stereocenters. The molecule has 3 N–H and O–H groups in total. The summed E-state index contributed by atoms with van der Waals surface area (Å²) in [5.41, 5.74) is 0.541. The summed E-state index contributed by atoms with van der Waals surface area (Å²) >= 11 is 3.22. The molecule has 0 aliphatic rings. The molecule has 0 bridgehead atoms. The van der Waals surface area contributed by atoms with Crippen molar-refractivity contribution < 1.29 is 14.7 Å². The highest BCUT2D eigenvalue weighted by atomic mass is 79.9. The predicted octanol–water partition coefficient (Wildman–Crippen LogP) is 2.61. The number of amides is 2. The third kappa shape index (κ3) is 6.59. The minimum atomic E-state index is -1.04. The van der Waals surface area contributed by atoms with Gasteiger partial charge >= 0.3 is 12.0 Å². The number of anilines is 1. The normalized spacial score (nSPS) is 12.0. The fourth-order valence-corrected chi connectivity index (χ4v) is 2.19. The van der Waals surface area contributed by atoms with Gasteiger partial charge in [0.25, 0.3) is 0 Å². The monoisotopic (exact) mass is 357 g/mol. The summed E-state index contributed by atoms with van der Waals surface area (Å²) in [4.78, 5) is 24.9. The Bertz CT molecular complexity index is 520. The zero-order chi connectivity index (χ0) is 16.0. The van der Waals surface area contributed by atoms with Crippen molar-refractivity contribution in [2.24, 2.45) is 0 Å². The lowest BCUT2D eigenvalue weighted by molar-refractivity contribution is 0.0697. The maximum Gasteiger partial charge on any atom is 0.335 e. The zero-order valence-electron chi connectivity index (χ0n) is 12.3. The van der Waals surface area contributed by atoms with Crippen LogP contribution in [0.5, 0.6) is 0 Å². The lowest BCUT2D eigenvalue weighted by Gasteiger charge is -2.17. The van der Waals surface area contributed by atoms with Gasteiger partial charge in [0.15, 0.2) is 0 Å². The Morgan fingerprint density at radius 3 is 2.57 bits per heavy atom. The van der Waals surface area contributed by atoms with Gasteiger partial charge in [0, 0.05) is 16.2 Å². The van der Waals surface area contributed by atoms with Gasteiger partial charge in [-0.2, -0.15) is 0 Å². The van der Waals surface area contributed by atoms with Gasteiger partial charge in [-0.3, -0.25) is 0 Å². The highest BCUT2D eigenvalue weighted by Crippen LogP contribution is 2.19. The van der Waals surface area contributed by atoms with Crippen molar-refractivity contribution in [3.63, 3.8) is 0 Å². The van der Waals surface area contributed by atoms with Crippen molar-refractivity contribution in [1.29, 1.82) is 0 Å². The van der Waals surface area contributed by atoms with E-state index in [9.17, 15) is 9.59 Å². The molecule has 0 saturated carbocycles. The standard InChI is InChI=1S/C14H20BrN3O3/c1-9(4-5-18(2)3)16-14(21)17-12-7-10(13(19)20)6-11(15)8-12/h6-9H,4-5H2,1-3H3,(H,19,20)(H2,16,17,21). The first-order valence-corrected chi connectivity index (χ1v) is 7.33. The molecule has 21 heavy (non-hydrogen) atoms. The first-order chi connectivity index (χ1) is 9.77. The molecule has 1 rings (SSSR count). The molecule has 1 unspecified atom stereocenters. The minimum absolute atomic E-state index is 0.0264. The van der Waals surface area contributed by atoms with E-state index in [-0.39, 0.29) is 17.6 Å². The van der Waals surface area contributed by atoms with Crippen LogP contribution in [-0.2, 0) is 0 Å². The van der Waals surface area contributed by atoms with Crippen LogP contribution in [0.15, 0.2) is 22.7 Å². The molecule has 2 amide bonds. The molecule has 1 aromatic carbocycles. The number of carbonyl (C=O) groups is 2. The average molecular weight is 358 g/mol. The highest BCUT2D eigenvalue weighted by Gasteiger charge is 2.10. The number of halogens is 1. The number of hydrogen-bond acceptors (Lipinski definition) is 3. The highest BCUT2D eigenvalue weighted by molar-refractivity contribution is 9.10. The van der Waals surface area contributed by atoms with Gasteiger partial charge in [0.05, 0.1) is 5.56 Å². The van der Waals surface area contributed by atoms with Crippen LogP contribution in [0, 0.1) is 0 Å². The van der Waals surface area contributed by atoms with E-state index in [1.54, 1.807) is 6.07 Å². The molecule has 0 saturated heterocycles. The Hall–Kier alpha value is -1.60. The van der Waals surface area contributed by atoms with E-state index in [1.807, 2.05) is 25.9 Å². The molecule has 0 aliphatic heterocycles. The minimum Gasteiger partial charge on any atom is -0.478 e. The van der Waals surface area contributed by atoms with Gasteiger partial charge in [-0.1, -0.05) is 15.9 Å². The van der Waals surface area contributed by atoms with Crippen LogP contribution in [0.25, 0.3) is 0 Å². The van der Waals surface area contributed by atoms with Gasteiger partial charge in [-0.05, 0) is 52.2 Å². The Labute approximate surface area is 132 Å². The Kier molecular flexibility index (Phi) is 6.64. The van der Waals surface area contributed by atoms with E-state index in [0.717, 1.165) is 13.0 Å². The third-order valence-corrected chi connectivity index (χ3v) is 3.25. The maximum absolute atomic E-state index is 11.9. The smallest absolute Gasteiger partial charge is 0.335 e. The van der Waals surface area contributed by atoms with E-state index >= 15 is 0 Å². The van der Waals surface area contributed by atoms with Gasteiger partial charge in [-0.25, -0.2) is 9.59 Å². The largest absolute Gasteiger partial charge is 0.478 e. The lowest BCUT2D eigenvalue weighted by Crippen LogP contribution is -2.37. The lowest BCUT2D eigenvalue weighted by atomic mass is 10.2. The van der Waals surface area contributed by atoms with Gasteiger partial charge in [-0.15, -0.1) is 0 Å². The molecule has 6 nitrogen and oxygen atoms in total. The van der Waals surface area contributed by atoms with Gasteiger partial charge in [0.1, 0.15) is 0 Å². The number of nitrogens with one attached hydrogen (secondary N) is 2. The maximum atomic E-state index is 11.9. The van der Waals surface area contributed by atoms with Crippen molar-refractivity contribution in [2.45, 2.75) is 19.4 Å². The van der Waals surface area contributed by atoms with Crippen molar-refractivity contribution in [2.75, 3.05) is 26.0 Å². The average Bonchev–Trinajstić information content (AvgIpc) is 2.35. The molecule has 0 heterocycles. The Morgan fingerprint density at radius 2 is 2.00 bits per heavy atom. The second-order valence-corrected chi connectivity index (χ2v) is 6.04. The molecule has 0 aromatic heterocycles. The molecule has 0 spiro atoms. The molecule has 0 radical (unpaired) electrons. The molecule has 116 valence electrons. The summed E-state index contributed by atoms with van der Waals surface area (Å²) in [7, 11) is 3.95. The fraction of sp³-hybridized carbons (Fsp3) is 0.429. The van der Waals surface area contributed by atoms with E-state index < -0.39 is 5.97 Å². The summed E-state index contributed by atoms with van der Waals surface area (Å²) in [5.74, 6) is -1.04. The number of urea groups is 1. The third-order valence-electron chi connectivity index (χ3n) is 2.79. The first kappa shape index (κ1) is 17.5. The number of nitrogens with zero attached hydrogens (tertiary/aromatic N) is 1. The van der Waals surface area contributed by atoms with Crippen molar-refractivity contribution in [3.05, 3.63) is 28.2 Å². The number of hydrogen-bond donors (Lipinski definition) is 3. The van der Waals surface area contributed by atoms with E-state index in [1.165, 1.54) is 12.1 Å². The van der Waals surface area contributed by atoms with Crippen LogP contribution in [0.2, 0.25) is 0 Å². The van der Waals surface area contributed by atoms with E-state index in [4.69, 9.17) is 5.11 Å². The van der Waals surface area contributed by atoms with Gasteiger partial charge in [0.2, 0.25) is 0 Å². The topological polar surface area (TPSA) is 81.7 Å². The van der Waals surface area contributed by atoms with Crippen molar-refractivity contribution >= 4 is 33.6 Å². The summed E-state index contributed by atoms with van der Waals surface area (Å²) < 4.78 is 0.596. The van der Waals surface area contributed by atoms with Crippen molar-refractivity contribution in [1.82, 2.24) is 10.2 Å². The number of carboxylic acid groups (broad SMARTS) is 1. The van der Waals surface area contributed by atoms with Crippen LogP contribution in [0.1, 0.15) is 23.7 Å². The SMILES string of the molecule is CC(CCN(C)C)NC(=O)Nc1cc(Br)cc(C(=O)O)c1. The molecule has 7 heteroatoms. The van der Waals surface area contributed by atoms with Gasteiger partial charge < -0.3 is 20.6 Å². The first-order valence-electron chi connectivity index (χ1n) is 6.54. The summed E-state index contributed by atoms with van der Waals surface area (Å²) in [6, 6.07) is 4.22. The fourth-order valence-electron chi connectivity index (χ4n) is 1.70. The molecule has 0 fully saturated rings. The Morgan fingerprint density at radius 1 is 1.33 bits per heavy atom. The second-order valence-electron chi connectivity index (χ2n) is 5.13. The van der Waals surface area contributed by atoms with Crippen LogP contribution < -0.4 is 10.6 Å². The quantitative estimate of drug-likeness (QED) is 0.730. The molecular formula is C14H20BrN3O3. The predicted molar refractivity (Wildman–Crippen MR) is 85.9 cm³/mol. The number of aromatic carboxylic acids is 1. The summed E-state index contributed by atoms with van der Waals surface area (Å²) in [5, 5.41) is 14.4. The Balaban J connectivity index is 2.60. The van der Waals surface area contributed by atoms with Crippen molar-refractivity contribution in [3.8, 4) is 0 Å². The number of carboxylic acids is 1. The number of carbonyl (C=O) groups excluding carboxylic acids is 1. The van der Waals surface area contributed by atoms with E-state index in [0.29, 0.717) is 10.2 Å². The van der Waals surface area contributed by atoms with E-state index in [2.05, 4.69) is 26.6 Å². The molecule has 0 aliphatic carbocycles. The van der Waals surface area contributed by atoms with Crippen LogP contribution in [0.4, 0.5) is 10.5 Å². The summed E-state index contributed by atoms with van der Waals surface area (Å²) in [6.45, 7) is 2.80. The molecule has 1 aromatic rings. The van der Waals surface area contributed by atoms with Crippen LogP contribution in [-0.4, -0.2) is 48.7 Å². The van der Waals surface area contributed by atoms with Crippen LogP contribution >= 0.6 is 15.9 Å². The number of benzene rings is 1. The van der Waals surface area contributed by atoms with Crippen LogP contribution in [0.3, 0.4) is 0 Å². The zero-order valence-corrected chi connectivity index (χ0v) is 13.9. The summed E-state index contributed by atoms with van der Waals surface area (Å²) in [6.07, 6.45) is 0.833. The molecular weight excluding hydrogens is 338 g/mol.